The van der Waals surface area contributed by atoms with Gasteiger partial charge in [0, 0.05) is 25.3 Å². The van der Waals surface area contributed by atoms with Crippen LogP contribution in [0.2, 0.25) is 0 Å². The number of hydrogen-bond acceptors (Lipinski definition) is 3. The summed E-state index contributed by atoms with van der Waals surface area (Å²) in [4.78, 5) is 4.26. The number of nitrogens with zero attached hydrogens (tertiary/aromatic N) is 2. The molecule has 3 N–H and O–H groups in total. The average molecular weight is 180 g/mol. The summed E-state index contributed by atoms with van der Waals surface area (Å²) in [5.41, 5.74) is 6.75. The summed E-state index contributed by atoms with van der Waals surface area (Å²) >= 11 is 0. The Morgan fingerprint density at radius 1 is 1.69 bits per heavy atom. The van der Waals surface area contributed by atoms with Crippen molar-refractivity contribution in [1.29, 1.82) is 0 Å². The summed E-state index contributed by atoms with van der Waals surface area (Å²) in [5, 5.41) is 3.41. The maximum Gasteiger partial charge on any atom is 0.200 e. The van der Waals surface area contributed by atoms with Crippen LogP contribution in [0.1, 0.15) is 25.5 Å². The van der Waals surface area contributed by atoms with Crippen LogP contribution in [0.15, 0.2) is 6.20 Å². The fraction of sp³-hybridized carbons (Fsp3) is 0.667. The van der Waals surface area contributed by atoms with Crippen LogP contribution in [0.3, 0.4) is 0 Å². The highest BCUT2D eigenvalue weighted by molar-refractivity contribution is 5.21. The maximum absolute atomic E-state index is 5.70. The van der Waals surface area contributed by atoms with Crippen LogP contribution in [0, 0.1) is 0 Å². The topological polar surface area (TPSA) is 55.9 Å². The van der Waals surface area contributed by atoms with Crippen LogP contribution in [0.5, 0.6) is 0 Å². The Morgan fingerprint density at radius 3 is 3.00 bits per heavy atom. The van der Waals surface area contributed by atoms with Crippen molar-refractivity contribution in [1.82, 2.24) is 14.9 Å². The molecule has 72 valence electrons. The van der Waals surface area contributed by atoms with Gasteiger partial charge in [-0.2, -0.15) is 0 Å². The van der Waals surface area contributed by atoms with Crippen molar-refractivity contribution in [3.8, 4) is 0 Å². The van der Waals surface area contributed by atoms with Gasteiger partial charge in [-0.1, -0.05) is 0 Å². The van der Waals surface area contributed by atoms with Gasteiger partial charge in [0.25, 0.3) is 0 Å². The van der Waals surface area contributed by atoms with E-state index in [9.17, 15) is 0 Å². The molecule has 1 heterocycles. The van der Waals surface area contributed by atoms with Crippen LogP contribution in [0.4, 0.5) is 5.95 Å². The quantitative estimate of drug-likeness (QED) is 0.718. The summed E-state index contributed by atoms with van der Waals surface area (Å²) in [6.45, 7) is 3.81. The van der Waals surface area contributed by atoms with Gasteiger partial charge >= 0.3 is 0 Å². The SMILES string of the molecule is CCn1cc(CNC2CC2)nc1N. The molecule has 0 unspecified atom stereocenters. The highest BCUT2D eigenvalue weighted by Gasteiger charge is 2.20. The molecule has 1 aromatic rings. The lowest BCUT2D eigenvalue weighted by Gasteiger charge is -1.97. The number of aromatic nitrogens is 2. The fourth-order valence-corrected chi connectivity index (χ4v) is 1.36. The van der Waals surface area contributed by atoms with E-state index in [1.54, 1.807) is 0 Å². The molecular weight excluding hydrogens is 164 g/mol. The highest BCUT2D eigenvalue weighted by Crippen LogP contribution is 2.19. The second-order valence-corrected chi connectivity index (χ2v) is 3.53. The molecule has 0 spiro atoms. The monoisotopic (exact) mass is 180 g/mol. The van der Waals surface area contributed by atoms with Crippen LogP contribution in [-0.2, 0) is 13.1 Å². The molecule has 0 bridgehead atoms. The van der Waals surface area contributed by atoms with Crippen LogP contribution < -0.4 is 11.1 Å². The molecule has 4 heteroatoms. The number of anilines is 1. The molecule has 4 nitrogen and oxygen atoms in total. The molecule has 1 aromatic heterocycles. The lowest BCUT2D eigenvalue weighted by molar-refractivity contribution is 0.675. The molecule has 1 fully saturated rings. The van der Waals surface area contributed by atoms with E-state index >= 15 is 0 Å². The van der Waals surface area contributed by atoms with Gasteiger partial charge < -0.3 is 15.6 Å². The van der Waals surface area contributed by atoms with Crippen molar-refractivity contribution < 1.29 is 0 Å². The van der Waals surface area contributed by atoms with Crippen molar-refractivity contribution >= 4 is 5.95 Å². The molecule has 1 aliphatic rings. The molecular formula is C9H16N4. The Morgan fingerprint density at radius 2 is 2.46 bits per heavy atom. The summed E-state index contributed by atoms with van der Waals surface area (Å²) in [6, 6.07) is 0.730. The van der Waals surface area contributed by atoms with E-state index in [4.69, 9.17) is 5.73 Å². The maximum atomic E-state index is 5.70. The van der Waals surface area contributed by atoms with E-state index in [0.717, 1.165) is 24.8 Å². The first-order chi connectivity index (χ1) is 6.29. The Kier molecular flexibility index (Phi) is 2.22. The molecule has 0 atom stereocenters. The third-order valence-corrected chi connectivity index (χ3v) is 2.35. The van der Waals surface area contributed by atoms with E-state index in [1.165, 1.54) is 12.8 Å². The van der Waals surface area contributed by atoms with Gasteiger partial charge in [0.1, 0.15) is 0 Å². The zero-order valence-electron chi connectivity index (χ0n) is 7.95. The minimum Gasteiger partial charge on any atom is -0.369 e. The van der Waals surface area contributed by atoms with Gasteiger partial charge in [-0.15, -0.1) is 0 Å². The van der Waals surface area contributed by atoms with Gasteiger partial charge in [0.05, 0.1) is 5.69 Å². The van der Waals surface area contributed by atoms with E-state index in [0.29, 0.717) is 5.95 Å². The number of nitrogen functional groups attached to an aromatic ring is 1. The Labute approximate surface area is 78.1 Å². The number of imidazole rings is 1. The Hall–Kier alpha value is -1.03. The summed E-state index contributed by atoms with van der Waals surface area (Å²) in [7, 11) is 0. The standard InChI is InChI=1S/C9H16N4/c1-2-13-6-8(12-9(13)10)5-11-7-3-4-7/h6-7,11H,2-5H2,1H3,(H2,10,12). The molecule has 0 saturated heterocycles. The molecule has 0 amide bonds. The van der Waals surface area contributed by atoms with Gasteiger partial charge in [0.15, 0.2) is 5.95 Å². The molecule has 0 radical (unpaired) electrons. The number of rotatable bonds is 4. The summed E-state index contributed by atoms with van der Waals surface area (Å²) in [6.07, 6.45) is 4.64. The van der Waals surface area contributed by atoms with Crippen LogP contribution in [-0.4, -0.2) is 15.6 Å². The average Bonchev–Trinajstić information content (AvgIpc) is 2.87. The van der Waals surface area contributed by atoms with E-state index < -0.39 is 0 Å². The van der Waals surface area contributed by atoms with Crippen LogP contribution in [0.25, 0.3) is 0 Å². The second-order valence-electron chi connectivity index (χ2n) is 3.53. The third-order valence-electron chi connectivity index (χ3n) is 2.35. The van der Waals surface area contributed by atoms with E-state index in [2.05, 4.69) is 17.2 Å². The van der Waals surface area contributed by atoms with Gasteiger partial charge in [-0.3, -0.25) is 0 Å². The smallest absolute Gasteiger partial charge is 0.200 e. The molecule has 0 aromatic carbocycles. The first-order valence-corrected chi connectivity index (χ1v) is 4.84. The second kappa shape index (κ2) is 3.38. The predicted molar refractivity (Wildman–Crippen MR) is 52.2 cm³/mol. The third kappa shape index (κ3) is 2.01. The number of aryl methyl sites for hydroxylation is 1. The first kappa shape index (κ1) is 8.56. The van der Waals surface area contributed by atoms with Gasteiger partial charge in [-0.05, 0) is 19.8 Å². The van der Waals surface area contributed by atoms with Crippen molar-refractivity contribution in [3.63, 3.8) is 0 Å². The highest BCUT2D eigenvalue weighted by atomic mass is 15.1. The zero-order valence-corrected chi connectivity index (χ0v) is 7.95. The van der Waals surface area contributed by atoms with Crippen molar-refractivity contribution in [3.05, 3.63) is 11.9 Å². The van der Waals surface area contributed by atoms with Crippen molar-refractivity contribution in [2.24, 2.45) is 0 Å². The lowest BCUT2D eigenvalue weighted by Crippen LogP contribution is -2.15. The summed E-state index contributed by atoms with van der Waals surface area (Å²) < 4.78 is 1.96. The zero-order chi connectivity index (χ0) is 9.26. The molecule has 1 aliphatic carbocycles. The first-order valence-electron chi connectivity index (χ1n) is 4.84. The predicted octanol–water partition coefficient (Wildman–Crippen LogP) is 0.737. The number of nitrogens with one attached hydrogen (secondary N) is 1. The molecule has 13 heavy (non-hydrogen) atoms. The van der Waals surface area contributed by atoms with Crippen molar-refractivity contribution in [2.45, 2.75) is 38.9 Å². The van der Waals surface area contributed by atoms with Gasteiger partial charge in [-0.25, -0.2) is 4.98 Å². The van der Waals surface area contributed by atoms with Crippen LogP contribution >= 0.6 is 0 Å². The Bertz CT molecular complexity index is 288. The van der Waals surface area contributed by atoms with Gasteiger partial charge in [0.2, 0.25) is 0 Å². The summed E-state index contributed by atoms with van der Waals surface area (Å²) in [5.74, 6) is 0.620. The minimum absolute atomic E-state index is 0.620. The van der Waals surface area contributed by atoms with E-state index in [-0.39, 0.29) is 0 Å². The molecule has 0 aliphatic heterocycles. The fourth-order valence-electron chi connectivity index (χ4n) is 1.36. The lowest BCUT2D eigenvalue weighted by atomic mass is 10.4. The van der Waals surface area contributed by atoms with Crippen molar-refractivity contribution in [2.75, 3.05) is 5.73 Å². The largest absolute Gasteiger partial charge is 0.369 e. The normalized spacial score (nSPS) is 16.4. The number of nitrogens with two attached hydrogens (primary N) is 1. The molecule has 1 saturated carbocycles. The number of hydrogen-bond donors (Lipinski definition) is 2. The Balaban J connectivity index is 1.94. The molecule has 2 rings (SSSR count). The van der Waals surface area contributed by atoms with E-state index in [1.807, 2.05) is 10.8 Å². The minimum atomic E-state index is 0.620.